The average Bonchev–Trinajstić information content (AvgIpc) is 3.28. The maximum atomic E-state index is 11.4. The fraction of sp³-hybridized carbons (Fsp3) is 0.375. The van der Waals surface area contributed by atoms with Crippen LogP contribution < -0.4 is 10.5 Å². The van der Waals surface area contributed by atoms with Gasteiger partial charge >= 0.3 is 0 Å². The van der Waals surface area contributed by atoms with Gasteiger partial charge in [-0.25, -0.2) is 13.6 Å². The van der Waals surface area contributed by atoms with Crippen LogP contribution in [0.5, 0.6) is 0 Å². The number of rotatable bonds is 7. The maximum absolute atomic E-state index is 11.4. The zero-order chi connectivity index (χ0) is 18.7. The highest BCUT2D eigenvalue weighted by Crippen LogP contribution is 2.30. The summed E-state index contributed by atoms with van der Waals surface area (Å²) < 4.78 is 28.4. The van der Waals surface area contributed by atoms with Crippen molar-refractivity contribution in [3.8, 4) is 0 Å². The van der Waals surface area contributed by atoms with E-state index in [1.54, 1.807) is 6.26 Å². The van der Waals surface area contributed by atoms with Crippen molar-refractivity contribution in [1.29, 1.82) is 0 Å². The number of furan rings is 1. The maximum Gasteiger partial charge on any atom is 0.293 e. The Labute approximate surface area is 151 Å². The summed E-state index contributed by atoms with van der Waals surface area (Å²) in [5.41, 5.74) is -0.103. The molecular weight excluding hydrogens is 360 g/mol. The third-order valence-electron chi connectivity index (χ3n) is 4.43. The number of nitrogens with zero attached hydrogens (tertiary/aromatic N) is 2. The van der Waals surface area contributed by atoms with Gasteiger partial charge in [0.25, 0.3) is 5.69 Å². The number of benzene rings is 1. The Balaban J connectivity index is 1.84. The summed E-state index contributed by atoms with van der Waals surface area (Å²) in [6, 6.07) is 7.20. The third-order valence-corrected chi connectivity index (χ3v) is 5.34. The van der Waals surface area contributed by atoms with Crippen molar-refractivity contribution >= 4 is 21.4 Å². The molecule has 0 bridgehead atoms. The molecule has 0 amide bonds. The lowest BCUT2D eigenvalue weighted by Gasteiger charge is -2.26. The predicted molar refractivity (Wildman–Crippen MR) is 95.2 cm³/mol. The van der Waals surface area contributed by atoms with Crippen molar-refractivity contribution in [1.82, 2.24) is 4.90 Å². The molecule has 0 aliphatic carbocycles. The summed E-state index contributed by atoms with van der Waals surface area (Å²) in [7, 11) is -4.01. The van der Waals surface area contributed by atoms with Crippen LogP contribution in [-0.2, 0) is 10.0 Å². The van der Waals surface area contributed by atoms with Crippen LogP contribution in [0, 0.1) is 10.1 Å². The highest BCUT2D eigenvalue weighted by atomic mass is 32.2. The summed E-state index contributed by atoms with van der Waals surface area (Å²) >= 11 is 0. The lowest BCUT2D eigenvalue weighted by molar-refractivity contribution is -0.384. The van der Waals surface area contributed by atoms with Gasteiger partial charge in [0.2, 0.25) is 10.0 Å². The first-order chi connectivity index (χ1) is 12.4. The third kappa shape index (κ3) is 4.03. The molecule has 1 aromatic carbocycles. The Bertz CT molecular complexity index is 876. The van der Waals surface area contributed by atoms with Gasteiger partial charge in [0.05, 0.1) is 22.1 Å². The van der Waals surface area contributed by atoms with Gasteiger partial charge in [0.1, 0.15) is 11.4 Å². The van der Waals surface area contributed by atoms with Crippen LogP contribution in [0.2, 0.25) is 0 Å². The molecule has 0 saturated carbocycles. The van der Waals surface area contributed by atoms with Crippen LogP contribution in [0.4, 0.5) is 11.4 Å². The molecule has 140 valence electrons. The largest absolute Gasteiger partial charge is 0.468 e. The van der Waals surface area contributed by atoms with Crippen molar-refractivity contribution in [2.75, 3.05) is 25.0 Å². The molecule has 1 fully saturated rings. The number of nitrogens with two attached hydrogens (primary N) is 1. The fourth-order valence-electron chi connectivity index (χ4n) is 3.14. The monoisotopic (exact) mass is 380 g/mol. The summed E-state index contributed by atoms with van der Waals surface area (Å²) in [4.78, 5) is 12.7. The smallest absolute Gasteiger partial charge is 0.293 e. The van der Waals surface area contributed by atoms with Crippen LogP contribution in [0.25, 0.3) is 0 Å². The lowest BCUT2D eigenvalue weighted by Crippen LogP contribution is -2.30. The first-order valence-corrected chi connectivity index (χ1v) is 9.73. The van der Waals surface area contributed by atoms with Gasteiger partial charge in [-0.1, -0.05) is 0 Å². The van der Waals surface area contributed by atoms with Gasteiger partial charge in [-0.05, 0) is 50.2 Å². The zero-order valence-electron chi connectivity index (χ0n) is 14.0. The van der Waals surface area contributed by atoms with Crippen molar-refractivity contribution in [3.05, 3.63) is 52.5 Å². The first kappa shape index (κ1) is 18.4. The molecule has 10 heteroatoms. The molecule has 0 radical (unpaired) electrons. The van der Waals surface area contributed by atoms with Crippen LogP contribution in [-0.4, -0.2) is 37.9 Å². The van der Waals surface area contributed by atoms with Gasteiger partial charge in [-0.15, -0.1) is 0 Å². The Kier molecular flexibility index (Phi) is 5.25. The van der Waals surface area contributed by atoms with E-state index in [1.807, 2.05) is 12.1 Å². The van der Waals surface area contributed by atoms with Crippen LogP contribution in [0.1, 0.15) is 24.6 Å². The summed E-state index contributed by atoms with van der Waals surface area (Å²) in [6.07, 6.45) is 3.79. The summed E-state index contributed by atoms with van der Waals surface area (Å²) in [6.45, 7) is 2.25. The van der Waals surface area contributed by atoms with Gasteiger partial charge in [0, 0.05) is 12.6 Å². The Hall–Kier alpha value is -2.43. The van der Waals surface area contributed by atoms with E-state index in [9.17, 15) is 18.5 Å². The van der Waals surface area contributed by atoms with E-state index in [4.69, 9.17) is 9.56 Å². The Morgan fingerprint density at radius 3 is 2.62 bits per heavy atom. The second-order valence-electron chi connectivity index (χ2n) is 6.14. The molecule has 9 nitrogen and oxygen atoms in total. The van der Waals surface area contributed by atoms with E-state index in [0.717, 1.165) is 37.8 Å². The van der Waals surface area contributed by atoms with Crippen LogP contribution >= 0.6 is 0 Å². The summed E-state index contributed by atoms with van der Waals surface area (Å²) in [5.74, 6) is 0.781. The molecule has 1 aromatic heterocycles. The number of sulfonamides is 1. The second-order valence-corrected chi connectivity index (χ2v) is 7.70. The Morgan fingerprint density at radius 1 is 1.31 bits per heavy atom. The van der Waals surface area contributed by atoms with Crippen molar-refractivity contribution in [2.24, 2.45) is 5.14 Å². The minimum atomic E-state index is -4.01. The zero-order valence-corrected chi connectivity index (χ0v) is 14.8. The predicted octanol–water partition coefficient (Wildman–Crippen LogP) is 2.08. The number of hydrogen-bond acceptors (Lipinski definition) is 7. The quantitative estimate of drug-likeness (QED) is 0.555. The molecule has 2 aromatic rings. The van der Waals surface area contributed by atoms with Crippen LogP contribution in [0.3, 0.4) is 0 Å². The number of nitrogens with one attached hydrogen (secondary N) is 1. The van der Waals surface area contributed by atoms with E-state index >= 15 is 0 Å². The molecule has 3 rings (SSSR count). The minimum Gasteiger partial charge on any atom is -0.468 e. The number of hydrogen-bond donors (Lipinski definition) is 2. The molecule has 1 aliphatic heterocycles. The van der Waals surface area contributed by atoms with E-state index in [0.29, 0.717) is 6.54 Å². The number of nitro groups is 1. The molecule has 1 aliphatic rings. The van der Waals surface area contributed by atoms with Gasteiger partial charge in [-0.2, -0.15) is 0 Å². The molecule has 3 N–H and O–H groups in total. The number of primary sulfonamides is 1. The minimum absolute atomic E-state index is 0.0648. The standard InChI is InChI=1S/C16H20N4O5S/c17-26(23,24)12-5-6-13(14(10-12)20(21)22)18-11-15(16-4-3-9-25-16)19-7-1-2-8-19/h3-6,9-10,15,18H,1-2,7-8,11H2,(H2,17,23,24). The second kappa shape index (κ2) is 7.44. The van der Waals surface area contributed by atoms with E-state index in [-0.39, 0.29) is 22.3 Å². The average molecular weight is 380 g/mol. The number of nitro benzene ring substituents is 1. The summed E-state index contributed by atoms with van der Waals surface area (Å²) in [5, 5.41) is 19.4. The van der Waals surface area contributed by atoms with E-state index in [2.05, 4.69) is 10.2 Å². The van der Waals surface area contributed by atoms with Gasteiger partial charge in [-0.3, -0.25) is 15.0 Å². The molecule has 26 heavy (non-hydrogen) atoms. The van der Waals surface area contributed by atoms with Gasteiger partial charge < -0.3 is 9.73 Å². The topological polar surface area (TPSA) is 132 Å². The Morgan fingerprint density at radius 2 is 2.04 bits per heavy atom. The van der Waals surface area contributed by atoms with Crippen molar-refractivity contribution < 1.29 is 17.8 Å². The van der Waals surface area contributed by atoms with E-state index < -0.39 is 14.9 Å². The highest BCUT2D eigenvalue weighted by Gasteiger charge is 2.26. The molecule has 0 spiro atoms. The number of anilines is 1. The SMILES string of the molecule is NS(=O)(=O)c1ccc(NCC(c2ccco2)N2CCCC2)c([N+](=O)[O-])c1. The van der Waals surface area contributed by atoms with Crippen LogP contribution in [0.15, 0.2) is 45.9 Å². The normalized spacial score (nSPS) is 16.5. The van der Waals surface area contributed by atoms with E-state index in [1.165, 1.54) is 12.1 Å². The molecule has 1 saturated heterocycles. The molecule has 1 unspecified atom stereocenters. The van der Waals surface area contributed by atoms with Gasteiger partial charge in [0.15, 0.2) is 0 Å². The fourth-order valence-corrected chi connectivity index (χ4v) is 3.67. The molecular formula is C16H20N4O5S. The molecule has 2 heterocycles. The van der Waals surface area contributed by atoms with Crippen molar-refractivity contribution in [3.63, 3.8) is 0 Å². The highest BCUT2D eigenvalue weighted by molar-refractivity contribution is 7.89. The lowest BCUT2D eigenvalue weighted by atomic mass is 10.2. The number of likely N-dealkylation sites (tertiary alicyclic amines) is 1. The van der Waals surface area contributed by atoms with Crippen molar-refractivity contribution in [2.45, 2.75) is 23.8 Å². The molecule has 1 atom stereocenters. The first-order valence-electron chi connectivity index (χ1n) is 8.19.